The van der Waals surface area contributed by atoms with Gasteiger partial charge in [0, 0.05) is 55.3 Å². The number of halogens is 2. The van der Waals surface area contributed by atoms with Crippen molar-refractivity contribution < 1.29 is 37.8 Å². The van der Waals surface area contributed by atoms with Gasteiger partial charge in [0.1, 0.15) is 0 Å². The van der Waals surface area contributed by atoms with E-state index in [9.17, 15) is 5.11 Å². The fourth-order valence-corrected chi connectivity index (χ4v) is 4.72. The van der Waals surface area contributed by atoms with E-state index in [2.05, 4.69) is 30.4 Å². The van der Waals surface area contributed by atoms with E-state index in [4.69, 9.17) is 23.2 Å². The number of rotatable bonds is 5. The smallest absolute Gasteiger partial charge is 0.0812 e. The normalized spacial score (nSPS) is 26.3. The van der Waals surface area contributed by atoms with Crippen molar-refractivity contribution in [1.82, 2.24) is 0 Å². The number of hydrogen-bond acceptors (Lipinski definition) is 1. The number of benzene rings is 2. The van der Waals surface area contributed by atoms with Crippen LogP contribution in [0.25, 0.3) is 6.08 Å². The number of alkyl halides is 2. The Morgan fingerprint density at radius 2 is 1.67 bits per heavy atom. The number of hydrogen-bond donors (Lipinski definition) is 1. The molecule has 1 saturated carbocycles. The van der Waals surface area contributed by atoms with Crippen LogP contribution in [0.1, 0.15) is 49.0 Å². The SMILES string of the molecule is CC(C)C(O)c1ccc(C2C(Cl)CC(Cl)C2/C=C/c2cc[c-]cc2)cc1.[Y]. The van der Waals surface area contributed by atoms with E-state index in [1.807, 2.05) is 50.2 Å². The van der Waals surface area contributed by atoms with Crippen LogP contribution >= 0.6 is 23.2 Å². The molecule has 5 unspecified atom stereocenters. The van der Waals surface area contributed by atoms with Gasteiger partial charge in [0.2, 0.25) is 0 Å². The number of aliphatic hydroxyl groups excluding tert-OH is 1. The second-order valence-corrected chi connectivity index (χ2v) is 8.54. The van der Waals surface area contributed by atoms with Crippen LogP contribution in [0.5, 0.6) is 0 Å². The predicted molar refractivity (Wildman–Crippen MR) is 111 cm³/mol. The third kappa shape index (κ3) is 5.67. The van der Waals surface area contributed by atoms with E-state index in [1.165, 1.54) is 5.56 Å². The Kier molecular flexibility index (Phi) is 9.04. The zero-order chi connectivity index (χ0) is 18.7. The Labute approximate surface area is 198 Å². The van der Waals surface area contributed by atoms with Gasteiger partial charge in [0.15, 0.2) is 0 Å². The molecule has 0 aromatic heterocycles. The van der Waals surface area contributed by atoms with Gasteiger partial charge in [-0.2, -0.15) is 30.3 Å². The summed E-state index contributed by atoms with van der Waals surface area (Å²) in [5.74, 6) is 0.555. The fourth-order valence-electron chi connectivity index (χ4n) is 3.69. The molecule has 0 heterocycles. The van der Waals surface area contributed by atoms with Gasteiger partial charge in [0.05, 0.1) is 6.10 Å². The van der Waals surface area contributed by atoms with Crippen LogP contribution in [0.4, 0.5) is 0 Å². The first-order valence-corrected chi connectivity index (χ1v) is 10.0. The maximum Gasteiger partial charge on any atom is 0.0812 e. The molecule has 1 radical (unpaired) electrons. The number of aliphatic hydroxyl groups is 1. The molecule has 2 aromatic rings. The minimum Gasteiger partial charge on any atom is -0.388 e. The van der Waals surface area contributed by atoms with Gasteiger partial charge in [-0.15, -0.1) is 28.8 Å². The monoisotopic (exact) mass is 476 g/mol. The Bertz CT molecular complexity index is 730. The minimum absolute atomic E-state index is 0. The Hall–Kier alpha value is -0.176. The summed E-state index contributed by atoms with van der Waals surface area (Å²) in [5, 5.41) is 10.3. The second-order valence-electron chi connectivity index (χ2n) is 7.42. The molecule has 0 bridgehead atoms. The van der Waals surface area contributed by atoms with Crippen molar-refractivity contribution >= 4 is 29.3 Å². The molecule has 1 fully saturated rings. The molecule has 1 aliphatic rings. The third-order valence-corrected chi connectivity index (χ3v) is 6.14. The minimum atomic E-state index is -0.439. The summed E-state index contributed by atoms with van der Waals surface area (Å²) in [6.07, 6.45) is 4.66. The van der Waals surface area contributed by atoms with E-state index in [0.717, 1.165) is 17.5 Å². The molecule has 0 saturated heterocycles. The molecule has 2 aromatic carbocycles. The summed E-state index contributed by atoms with van der Waals surface area (Å²) in [7, 11) is 0. The molecule has 0 spiro atoms. The topological polar surface area (TPSA) is 20.2 Å². The van der Waals surface area contributed by atoms with Crippen LogP contribution in [-0.4, -0.2) is 15.9 Å². The molecule has 4 heteroatoms. The molecule has 0 aliphatic heterocycles. The van der Waals surface area contributed by atoms with Gasteiger partial charge in [-0.3, -0.25) is 0 Å². The van der Waals surface area contributed by atoms with Crippen LogP contribution in [0.15, 0.2) is 54.6 Å². The van der Waals surface area contributed by atoms with E-state index in [1.54, 1.807) is 0 Å². The molecular weight excluding hydrogens is 452 g/mol. The summed E-state index contributed by atoms with van der Waals surface area (Å²) in [6, 6.07) is 19.1. The zero-order valence-electron chi connectivity index (χ0n) is 15.7. The summed E-state index contributed by atoms with van der Waals surface area (Å²) >= 11 is 13.3. The summed E-state index contributed by atoms with van der Waals surface area (Å²) < 4.78 is 0. The fraction of sp³-hybridized carbons (Fsp3) is 0.391. The average molecular weight is 477 g/mol. The van der Waals surface area contributed by atoms with Crippen molar-refractivity contribution in [2.75, 3.05) is 0 Å². The van der Waals surface area contributed by atoms with Crippen LogP contribution in [0.3, 0.4) is 0 Å². The molecule has 141 valence electrons. The van der Waals surface area contributed by atoms with E-state index in [0.29, 0.717) is 0 Å². The average Bonchev–Trinajstić information content (AvgIpc) is 2.93. The largest absolute Gasteiger partial charge is 0.388 e. The van der Waals surface area contributed by atoms with Crippen molar-refractivity contribution in [3.8, 4) is 0 Å². The van der Waals surface area contributed by atoms with Crippen molar-refractivity contribution in [2.24, 2.45) is 11.8 Å². The second kappa shape index (κ2) is 10.6. The van der Waals surface area contributed by atoms with Gasteiger partial charge in [-0.25, -0.2) is 0 Å². The molecule has 1 nitrogen and oxygen atoms in total. The summed E-state index contributed by atoms with van der Waals surface area (Å²) in [6.45, 7) is 4.04. The molecular formula is C23H25Cl2OY-. The van der Waals surface area contributed by atoms with Crippen LogP contribution < -0.4 is 0 Å². The van der Waals surface area contributed by atoms with Gasteiger partial charge >= 0.3 is 0 Å². The maximum absolute atomic E-state index is 10.2. The van der Waals surface area contributed by atoms with Crippen LogP contribution in [0, 0.1) is 17.9 Å². The van der Waals surface area contributed by atoms with E-state index in [-0.39, 0.29) is 61.2 Å². The van der Waals surface area contributed by atoms with Crippen LogP contribution in [-0.2, 0) is 32.7 Å². The molecule has 27 heavy (non-hydrogen) atoms. The first-order valence-electron chi connectivity index (χ1n) is 9.17. The van der Waals surface area contributed by atoms with Crippen molar-refractivity contribution in [3.63, 3.8) is 0 Å². The first kappa shape index (κ1) is 23.1. The molecule has 1 aliphatic carbocycles. The van der Waals surface area contributed by atoms with Gasteiger partial charge in [0.25, 0.3) is 0 Å². The van der Waals surface area contributed by atoms with Gasteiger partial charge < -0.3 is 5.11 Å². The quantitative estimate of drug-likeness (QED) is 0.402. The summed E-state index contributed by atoms with van der Waals surface area (Å²) in [4.78, 5) is 0. The van der Waals surface area contributed by atoms with E-state index < -0.39 is 6.10 Å². The Balaban J connectivity index is 0.00000261. The van der Waals surface area contributed by atoms with Crippen molar-refractivity contribution in [2.45, 2.75) is 43.0 Å². The van der Waals surface area contributed by atoms with Gasteiger partial charge in [-0.05, 0) is 23.5 Å². The molecule has 3 rings (SSSR count). The Morgan fingerprint density at radius 1 is 1.04 bits per heavy atom. The summed E-state index contributed by atoms with van der Waals surface area (Å²) in [5.41, 5.74) is 3.27. The molecule has 1 N–H and O–H groups in total. The standard InChI is InChI=1S/C23H25Cl2O.Y/c1-15(2)23(26)18-11-9-17(10-12-18)22-19(20(24)14-21(22)25)13-8-16-6-4-3-5-7-16;/h4-13,15,19-23,26H,14H2,1-2H3;/q-1;/b13-8+;. The van der Waals surface area contributed by atoms with Gasteiger partial charge in [-0.1, -0.05) is 50.3 Å². The molecule has 0 amide bonds. The van der Waals surface area contributed by atoms with E-state index >= 15 is 0 Å². The zero-order valence-corrected chi connectivity index (χ0v) is 20.1. The predicted octanol–water partition coefficient (Wildman–Crippen LogP) is 6.21. The number of allylic oxidation sites excluding steroid dienone is 1. The third-order valence-electron chi connectivity index (χ3n) is 5.22. The van der Waals surface area contributed by atoms with Crippen LogP contribution in [0.2, 0.25) is 0 Å². The maximum atomic E-state index is 10.2. The van der Waals surface area contributed by atoms with Crippen molar-refractivity contribution in [1.29, 1.82) is 0 Å². The van der Waals surface area contributed by atoms with Crippen molar-refractivity contribution in [3.05, 3.63) is 77.4 Å². The first-order chi connectivity index (χ1) is 12.5. The Morgan fingerprint density at radius 3 is 2.26 bits per heavy atom. The molecule has 5 atom stereocenters.